The quantitative estimate of drug-likeness (QED) is 0.666. The van der Waals surface area contributed by atoms with Crippen LogP contribution in [-0.4, -0.2) is 23.6 Å². The van der Waals surface area contributed by atoms with Gasteiger partial charge < -0.3 is 9.64 Å². The van der Waals surface area contributed by atoms with Crippen molar-refractivity contribution in [1.29, 1.82) is 0 Å². The third-order valence-corrected chi connectivity index (χ3v) is 3.82. The average Bonchev–Trinajstić information content (AvgIpc) is 2.26. The Morgan fingerprint density at radius 3 is 3.00 bits per heavy atom. The molecule has 1 saturated heterocycles. The van der Waals surface area contributed by atoms with Gasteiger partial charge in [-0.3, -0.25) is 4.79 Å². The number of hydrogen-bond donors (Lipinski definition) is 0. The molecule has 0 spiro atoms. The number of amides is 1. The number of ether oxygens (including phenoxy) is 1. The van der Waals surface area contributed by atoms with E-state index in [-0.39, 0.29) is 5.91 Å². The number of benzene rings is 1. The van der Waals surface area contributed by atoms with Crippen molar-refractivity contribution in [3.8, 4) is 5.75 Å². The monoisotopic (exact) mass is 217 g/mol. The van der Waals surface area contributed by atoms with E-state index in [4.69, 9.17) is 4.74 Å². The fourth-order valence-corrected chi connectivity index (χ4v) is 2.76. The van der Waals surface area contributed by atoms with Crippen LogP contribution in [0.15, 0.2) is 24.3 Å². The summed E-state index contributed by atoms with van der Waals surface area (Å²) in [4.78, 5) is 13.6. The van der Waals surface area contributed by atoms with Gasteiger partial charge in [0.05, 0.1) is 0 Å². The zero-order chi connectivity index (χ0) is 11.3. The van der Waals surface area contributed by atoms with Crippen LogP contribution in [0.3, 0.4) is 0 Å². The lowest BCUT2D eigenvalue weighted by Crippen LogP contribution is -2.57. The van der Waals surface area contributed by atoms with Crippen LogP contribution in [0.4, 0.5) is 0 Å². The summed E-state index contributed by atoms with van der Waals surface area (Å²) in [6.07, 6.45) is 1.50. The number of para-hydroxylation sites is 1. The van der Waals surface area contributed by atoms with Crippen LogP contribution in [0.2, 0.25) is 0 Å². The zero-order valence-electron chi connectivity index (χ0n) is 9.56. The maximum atomic E-state index is 11.9. The molecule has 3 heteroatoms. The van der Waals surface area contributed by atoms with Crippen LogP contribution in [0.25, 0.3) is 0 Å². The number of piperidine rings is 1. The number of carbonyl (C=O) groups is 1. The Morgan fingerprint density at radius 2 is 2.19 bits per heavy atom. The maximum absolute atomic E-state index is 11.9. The minimum Gasteiger partial charge on any atom is -0.468 e. The van der Waals surface area contributed by atoms with Crippen molar-refractivity contribution < 1.29 is 9.53 Å². The molecule has 1 aromatic carbocycles. The first-order valence-electron chi connectivity index (χ1n) is 5.65. The molecule has 2 aliphatic heterocycles. The minimum absolute atomic E-state index is 0.174. The molecule has 1 fully saturated rings. The molecule has 1 aromatic rings. The molecule has 16 heavy (non-hydrogen) atoms. The number of carbonyl (C=O) groups excluding carboxylic acids is 1. The molecule has 84 valence electrons. The number of fused-ring (bicyclic) bond motifs is 4. The highest BCUT2D eigenvalue weighted by atomic mass is 16.5. The predicted octanol–water partition coefficient (Wildman–Crippen LogP) is 2.13. The smallest absolute Gasteiger partial charge is 0.225 e. The maximum Gasteiger partial charge on any atom is 0.225 e. The van der Waals surface area contributed by atoms with E-state index >= 15 is 0 Å². The van der Waals surface area contributed by atoms with Gasteiger partial charge in [-0.2, -0.15) is 0 Å². The molecule has 2 aliphatic rings. The molecule has 1 amide bonds. The molecule has 0 radical (unpaired) electrons. The second-order valence-corrected chi connectivity index (χ2v) is 4.87. The van der Waals surface area contributed by atoms with Crippen molar-refractivity contribution in [3.05, 3.63) is 29.8 Å². The van der Waals surface area contributed by atoms with Crippen molar-refractivity contribution in [2.75, 3.05) is 7.05 Å². The van der Waals surface area contributed by atoms with Crippen molar-refractivity contribution in [2.45, 2.75) is 31.4 Å². The van der Waals surface area contributed by atoms with Gasteiger partial charge in [0, 0.05) is 25.8 Å². The lowest BCUT2D eigenvalue weighted by Gasteiger charge is -2.49. The molecule has 2 atom stereocenters. The summed E-state index contributed by atoms with van der Waals surface area (Å²) in [6.45, 7) is 1.99. The van der Waals surface area contributed by atoms with Crippen molar-refractivity contribution in [2.24, 2.45) is 0 Å². The fraction of sp³-hybridized carbons (Fsp3) is 0.462. The highest BCUT2D eigenvalue weighted by molar-refractivity contribution is 5.79. The van der Waals surface area contributed by atoms with E-state index in [1.165, 1.54) is 5.56 Å². The summed E-state index contributed by atoms with van der Waals surface area (Å²) >= 11 is 0. The van der Waals surface area contributed by atoms with Gasteiger partial charge in [-0.25, -0.2) is 0 Å². The first-order chi connectivity index (χ1) is 7.60. The van der Waals surface area contributed by atoms with Gasteiger partial charge in [0.1, 0.15) is 5.75 Å². The number of likely N-dealkylation sites (tertiary alicyclic amines) is 1. The Bertz CT molecular complexity index is 457. The van der Waals surface area contributed by atoms with Gasteiger partial charge in [-0.1, -0.05) is 18.2 Å². The van der Waals surface area contributed by atoms with E-state index in [0.717, 1.165) is 12.2 Å². The summed E-state index contributed by atoms with van der Waals surface area (Å²) in [5.74, 6) is 1.42. The van der Waals surface area contributed by atoms with Gasteiger partial charge in [0.25, 0.3) is 0 Å². The molecular formula is C13H15NO2. The van der Waals surface area contributed by atoms with Crippen LogP contribution in [0.1, 0.15) is 31.2 Å². The van der Waals surface area contributed by atoms with Crippen LogP contribution in [-0.2, 0) is 4.79 Å². The van der Waals surface area contributed by atoms with Gasteiger partial charge >= 0.3 is 0 Å². The second-order valence-electron chi connectivity index (χ2n) is 4.87. The van der Waals surface area contributed by atoms with Crippen molar-refractivity contribution >= 4 is 5.91 Å². The Labute approximate surface area is 95.0 Å². The van der Waals surface area contributed by atoms with E-state index in [0.29, 0.717) is 12.3 Å². The van der Waals surface area contributed by atoms with Crippen LogP contribution in [0, 0.1) is 0 Å². The number of nitrogens with zero attached hydrogens (tertiary/aromatic N) is 1. The molecule has 0 aromatic heterocycles. The molecule has 0 saturated carbocycles. The molecule has 0 N–H and O–H groups in total. The summed E-state index contributed by atoms with van der Waals surface area (Å²) in [6, 6.07) is 8.04. The summed E-state index contributed by atoms with van der Waals surface area (Å²) in [5.41, 5.74) is 0.718. The van der Waals surface area contributed by atoms with Gasteiger partial charge in [0.15, 0.2) is 5.72 Å². The first-order valence-corrected chi connectivity index (χ1v) is 5.65. The number of rotatable bonds is 0. The summed E-state index contributed by atoms with van der Waals surface area (Å²) in [7, 11) is 1.83. The van der Waals surface area contributed by atoms with E-state index in [1.54, 1.807) is 4.90 Å². The molecule has 0 aliphatic carbocycles. The average molecular weight is 217 g/mol. The highest BCUT2D eigenvalue weighted by Gasteiger charge is 2.47. The van der Waals surface area contributed by atoms with Crippen molar-refractivity contribution in [3.63, 3.8) is 0 Å². The summed E-state index contributed by atoms with van der Waals surface area (Å²) in [5, 5.41) is 0. The lowest BCUT2D eigenvalue weighted by molar-refractivity contribution is -0.160. The molecule has 3 rings (SSSR count). The summed E-state index contributed by atoms with van der Waals surface area (Å²) < 4.78 is 5.98. The van der Waals surface area contributed by atoms with E-state index in [1.807, 2.05) is 32.2 Å². The Morgan fingerprint density at radius 1 is 1.44 bits per heavy atom. The second kappa shape index (κ2) is 3.00. The highest BCUT2D eigenvalue weighted by Crippen LogP contribution is 2.46. The number of hydrogen-bond acceptors (Lipinski definition) is 2. The third-order valence-electron chi connectivity index (χ3n) is 3.82. The normalized spacial score (nSPS) is 32.0. The predicted molar refractivity (Wildman–Crippen MR) is 60.2 cm³/mol. The van der Waals surface area contributed by atoms with Crippen LogP contribution in [0.5, 0.6) is 5.75 Å². The molecular weight excluding hydrogens is 202 g/mol. The Balaban J connectivity index is 2.11. The van der Waals surface area contributed by atoms with E-state index in [2.05, 4.69) is 6.07 Å². The van der Waals surface area contributed by atoms with Gasteiger partial charge in [-0.05, 0) is 18.6 Å². The molecule has 0 unspecified atom stereocenters. The fourth-order valence-electron chi connectivity index (χ4n) is 2.76. The van der Waals surface area contributed by atoms with Crippen LogP contribution >= 0.6 is 0 Å². The molecule has 2 bridgehead atoms. The Hall–Kier alpha value is -1.51. The molecule has 2 heterocycles. The lowest BCUT2D eigenvalue weighted by atomic mass is 9.81. The standard InChI is InChI=1S/C13H15NO2/c1-13-8-9(7-12(15)14(13)2)10-5-3-4-6-11(10)16-13/h3-6,9H,7-8H2,1-2H3/t9-,13+/m1/s1. The van der Waals surface area contributed by atoms with E-state index < -0.39 is 5.72 Å². The van der Waals surface area contributed by atoms with E-state index in [9.17, 15) is 4.79 Å². The zero-order valence-corrected chi connectivity index (χ0v) is 9.56. The Kier molecular flexibility index (Phi) is 1.82. The largest absolute Gasteiger partial charge is 0.468 e. The van der Waals surface area contributed by atoms with Crippen LogP contribution < -0.4 is 4.74 Å². The minimum atomic E-state index is -0.464. The third kappa shape index (κ3) is 1.17. The SMILES string of the molecule is CN1C(=O)C[C@@H]2C[C@]1(C)Oc1ccccc12. The first kappa shape index (κ1) is 9.70. The van der Waals surface area contributed by atoms with Gasteiger partial charge in [0.2, 0.25) is 5.91 Å². The van der Waals surface area contributed by atoms with Gasteiger partial charge in [-0.15, -0.1) is 0 Å². The molecule has 3 nitrogen and oxygen atoms in total. The topological polar surface area (TPSA) is 29.5 Å². The van der Waals surface area contributed by atoms with Crippen molar-refractivity contribution in [1.82, 2.24) is 4.90 Å².